The van der Waals surface area contributed by atoms with Gasteiger partial charge < -0.3 is 11.8 Å². The molecule has 0 bridgehead atoms. The second-order valence-electron chi connectivity index (χ2n) is 0. The van der Waals surface area contributed by atoms with Crippen LogP contribution in [-0.2, 0) is 36.5 Å². The Morgan fingerprint density at radius 2 is 1.25 bits per heavy atom. The second-order valence-corrected chi connectivity index (χ2v) is 0. The van der Waals surface area contributed by atoms with Gasteiger partial charge in [-0.15, -0.1) is 0 Å². The van der Waals surface area contributed by atoms with E-state index in [1.807, 2.05) is 0 Å². The first-order valence-electron chi connectivity index (χ1n) is 0.224. The van der Waals surface area contributed by atoms with Gasteiger partial charge in [0.1, 0.15) is 0 Å². The Kier molecular flexibility index (Phi) is 360. The van der Waals surface area contributed by atoms with Crippen LogP contribution >= 0.6 is 0 Å². The van der Waals surface area contributed by atoms with Crippen molar-refractivity contribution >= 4 is 0 Å². The van der Waals surface area contributed by atoms with Gasteiger partial charge in [-0.2, -0.15) is 0 Å². The fourth-order valence-electron chi connectivity index (χ4n) is 0. The average Bonchev–Trinajstić information content (AvgIpc) is 1.00. The van der Waals surface area contributed by atoms with Gasteiger partial charge in [0.05, 0.1) is 0 Å². The average molecular weight is 183 g/mol. The van der Waals surface area contributed by atoms with Gasteiger partial charge in [-0.05, 0) is 0 Å². The molecule has 0 amide bonds. The Labute approximate surface area is 48.6 Å². The molecule has 0 aliphatic rings. The van der Waals surface area contributed by atoms with E-state index in [0.717, 1.165) is 0 Å². The zero-order chi connectivity index (χ0) is 2.00. The summed E-state index contributed by atoms with van der Waals surface area (Å²) < 4.78 is 0. The van der Waals surface area contributed by atoms with E-state index in [0.29, 0.717) is 0 Å². The normalized spacial score (nSPS) is 0.500. The van der Waals surface area contributed by atoms with Crippen LogP contribution in [0.2, 0.25) is 0 Å². The summed E-state index contributed by atoms with van der Waals surface area (Å²) in [6.45, 7) is 4.75. The van der Waals surface area contributed by atoms with E-state index in [2.05, 4.69) is 0 Å². The summed E-state index contributed by atoms with van der Waals surface area (Å²) in [5.74, 6) is 0. The van der Waals surface area contributed by atoms with E-state index in [-0.39, 0.29) is 36.5 Å². The molecular weight excluding hydrogens is 183 g/mol. The van der Waals surface area contributed by atoms with E-state index in [1.165, 1.54) is 0 Å². The fraction of sp³-hybridized carbons (Fsp3) is 0. The van der Waals surface area contributed by atoms with Crippen molar-refractivity contribution in [3.63, 3.8) is 0 Å². The van der Waals surface area contributed by atoms with Crippen LogP contribution in [0.15, 0.2) is 0 Å². The maximum atomic E-state index is 6.25. The molecule has 0 aliphatic carbocycles. The maximum Gasteiger partial charge on any atom is 1.00 e. The van der Waals surface area contributed by atoms with E-state index >= 15 is 0 Å². The molecule has 0 atom stereocenters. The summed E-state index contributed by atoms with van der Waals surface area (Å²) in [6, 6.07) is 0. The number of hydrogen-bond acceptors (Lipinski definition) is 1. The monoisotopic (exact) mass is 184 g/mol. The predicted molar refractivity (Wildman–Crippen MR) is 4.97 cm³/mol. The van der Waals surface area contributed by atoms with Gasteiger partial charge in [0, 0.05) is 17.1 Å². The molecule has 1 radical (unpaired) electrons. The smallest absolute Gasteiger partial charge is 0.512 e. The van der Waals surface area contributed by atoms with Crippen LogP contribution in [0.25, 0.3) is 0 Å². The summed E-state index contributed by atoms with van der Waals surface area (Å²) >= 11 is 0. The predicted octanol–water partition coefficient (Wildman–Crippen LogP) is 0.0914. The molecule has 0 aromatic heterocycles. The molecule has 1 nitrogen and oxygen atoms in total. The molecule has 3 heteroatoms. The minimum absolute atomic E-state index is 0. The van der Waals surface area contributed by atoms with Crippen molar-refractivity contribution in [2.45, 2.75) is 0 Å². The Morgan fingerprint density at radius 1 is 1.25 bits per heavy atom. The summed E-state index contributed by atoms with van der Waals surface area (Å²) in [4.78, 5) is 0. The number of hydrogen-bond donors (Lipinski definition) is 0. The van der Waals surface area contributed by atoms with Gasteiger partial charge in [0.2, 0.25) is 0 Å². The Balaban J connectivity index is -0.00000000500. The third-order valence-electron chi connectivity index (χ3n) is 0. The van der Waals surface area contributed by atoms with Crippen molar-refractivity contribution in [2.75, 3.05) is 0 Å². The van der Waals surface area contributed by atoms with Crippen LogP contribution in [0.5, 0.6) is 0 Å². The largest absolute Gasteiger partial charge is 1.00 e. The molecule has 4 heavy (non-hydrogen) atoms. The topological polar surface area (TPSA) is 23.8 Å². The van der Waals surface area contributed by atoms with Crippen molar-refractivity contribution < 1.29 is 36.5 Å². The molecule has 0 aromatic rings. The van der Waals surface area contributed by atoms with Gasteiger partial charge in [-0.3, -0.25) is 0 Å². The summed E-state index contributed by atoms with van der Waals surface area (Å²) in [5.41, 5.74) is 0. The van der Waals surface area contributed by atoms with Gasteiger partial charge in [0.25, 0.3) is 0 Å². The molecule has 0 spiro atoms. The molecule has 0 saturated carbocycles. The molecule has 0 unspecified atom stereocenters. The molecule has 0 aliphatic heterocycles. The van der Waals surface area contributed by atoms with Crippen LogP contribution in [0, 0.1) is 11.8 Å². The van der Waals surface area contributed by atoms with Crippen LogP contribution in [0.4, 0.5) is 0 Å². The minimum Gasteiger partial charge on any atom is -0.512 e. The SMILES string of the molecule is [C-]#N.[Fe].[Ru+]. The first-order valence-corrected chi connectivity index (χ1v) is 0.224. The van der Waals surface area contributed by atoms with Crippen LogP contribution in [0.1, 0.15) is 0 Å². The Morgan fingerprint density at radius 3 is 1.25 bits per heavy atom. The van der Waals surface area contributed by atoms with Crippen molar-refractivity contribution in [1.29, 1.82) is 5.26 Å². The zero-order valence-electron chi connectivity index (χ0n) is 1.65. The second kappa shape index (κ2) is 62.9. The van der Waals surface area contributed by atoms with Crippen molar-refractivity contribution in [3.05, 3.63) is 6.57 Å². The molecule has 0 fully saturated rings. The summed E-state index contributed by atoms with van der Waals surface area (Å²) in [7, 11) is 0. The first kappa shape index (κ1) is 22.9. The van der Waals surface area contributed by atoms with E-state index in [1.54, 1.807) is 0 Å². The van der Waals surface area contributed by atoms with Crippen LogP contribution < -0.4 is 0 Å². The number of rotatable bonds is 0. The third-order valence-corrected chi connectivity index (χ3v) is 0. The number of nitrogens with zero attached hydrogens (tertiary/aromatic N) is 1. The van der Waals surface area contributed by atoms with Crippen LogP contribution in [-0.4, -0.2) is 0 Å². The zero-order valence-corrected chi connectivity index (χ0v) is 4.50. The van der Waals surface area contributed by atoms with Crippen molar-refractivity contribution in [1.82, 2.24) is 0 Å². The van der Waals surface area contributed by atoms with Crippen molar-refractivity contribution in [2.24, 2.45) is 0 Å². The molecular formula is CFeNRu. The minimum atomic E-state index is 0. The first-order chi connectivity index (χ1) is 1.00. The maximum absolute atomic E-state index is 6.25. The van der Waals surface area contributed by atoms with Gasteiger partial charge >= 0.3 is 19.5 Å². The van der Waals surface area contributed by atoms with Crippen LogP contribution in [0.3, 0.4) is 0 Å². The summed E-state index contributed by atoms with van der Waals surface area (Å²) in [5, 5.41) is 6.25. The molecule has 0 heterocycles. The van der Waals surface area contributed by atoms with E-state index in [4.69, 9.17) is 11.8 Å². The van der Waals surface area contributed by atoms with Crippen molar-refractivity contribution in [3.8, 4) is 0 Å². The van der Waals surface area contributed by atoms with E-state index in [9.17, 15) is 0 Å². The fourth-order valence-corrected chi connectivity index (χ4v) is 0. The Hall–Kier alpha value is 0.633. The molecule has 0 rings (SSSR count). The molecule has 25 valence electrons. The molecule has 0 aromatic carbocycles. The standard InChI is InChI=1S/CN.Fe.Ru/c1-2;;/q-1;;+1. The van der Waals surface area contributed by atoms with E-state index < -0.39 is 0 Å². The molecule has 0 N–H and O–H groups in total. The molecule has 0 saturated heterocycles. The summed E-state index contributed by atoms with van der Waals surface area (Å²) in [6.07, 6.45) is 0. The quantitative estimate of drug-likeness (QED) is 0.385. The third kappa shape index (κ3) is 17.5. The van der Waals surface area contributed by atoms with Gasteiger partial charge in [0.15, 0.2) is 0 Å². The Bertz CT molecular complexity index is 12.8. The van der Waals surface area contributed by atoms with Gasteiger partial charge in [-0.25, -0.2) is 0 Å². The van der Waals surface area contributed by atoms with Gasteiger partial charge in [-0.1, -0.05) is 0 Å².